The first-order chi connectivity index (χ1) is 19.5. The summed E-state index contributed by atoms with van der Waals surface area (Å²) >= 11 is 5.88. The number of ether oxygens (including phenoxy) is 4. The molecule has 2 unspecified atom stereocenters. The molecule has 3 fully saturated rings. The first-order valence-electron chi connectivity index (χ1n) is 13.3. The van der Waals surface area contributed by atoms with Gasteiger partial charge in [0.05, 0.1) is 31.5 Å². The average molecular weight is 572 g/mol. The topological polar surface area (TPSA) is 107 Å². The summed E-state index contributed by atoms with van der Waals surface area (Å²) in [6, 6.07) is 7.92. The molecule has 1 aromatic heterocycles. The number of hydrogen-bond donors (Lipinski definition) is 2. The number of hydrogen-bond acceptors (Lipinski definition) is 10. The number of ketones is 1. The van der Waals surface area contributed by atoms with Gasteiger partial charge in [0.15, 0.2) is 17.3 Å². The lowest BCUT2D eigenvalue weighted by molar-refractivity contribution is -0.126. The van der Waals surface area contributed by atoms with E-state index in [1.807, 2.05) is 0 Å². The van der Waals surface area contributed by atoms with E-state index in [1.165, 1.54) is 12.4 Å². The van der Waals surface area contributed by atoms with Crippen LogP contribution in [0.25, 0.3) is 10.9 Å². The number of fused-ring (bicyclic) bond motifs is 2. The Labute approximate surface area is 236 Å². The lowest BCUT2D eigenvalue weighted by Crippen LogP contribution is -2.46. The van der Waals surface area contributed by atoms with Gasteiger partial charge in [-0.25, -0.2) is 14.4 Å². The van der Waals surface area contributed by atoms with Crippen LogP contribution in [0, 0.1) is 17.7 Å². The molecule has 4 heterocycles. The van der Waals surface area contributed by atoms with Crippen molar-refractivity contribution in [2.75, 3.05) is 58.6 Å². The summed E-state index contributed by atoms with van der Waals surface area (Å²) in [5.41, 5.74) is 0.840. The van der Waals surface area contributed by atoms with E-state index in [1.54, 1.807) is 31.4 Å². The Morgan fingerprint density at radius 3 is 2.80 bits per heavy atom. The van der Waals surface area contributed by atoms with Gasteiger partial charge >= 0.3 is 0 Å². The third-order valence-electron chi connectivity index (χ3n) is 7.83. The summed E-state index contributed by atoms with van der Waals surface area (Å²) in [6.45, 7) is 3.97. The van der Waals surface area contributed by atoms with Crippen molar-refractivity contribution < 1.29 is 28.1 Å². The van der Waals surface area contributed by atoms with E-state index in [0.717, 1.165) is 26.1 Å². The van der Waals surface area contributed by atoms with Gasteiger partial charge in [-0.3, -0.25) is 9.69 Å². The largest absolute Gasteiger partial charge is 0.493 e. The van der Waals surface area contributed by atoms with Gasteiger partial charge in [0.25, 0.3) is 0 Å². The fourth-order valence-electron chi connectivity index (χ4n) is 5.66. The van der Waals surface area contributed by atoms with Crippen LogP contribution in [0.2, 0.25) is 5.02 Å². The Hall–Kier alpha value is -3.09. The number of methoxy groups -OCH3 is 1. The Bertz CT molecular complexity index is 1380. The number of aromatic nitrogens is 2. The fraction of sp³-hybridized carbons (Fsp3) is 0.464. The SMILES string of the molecule is COc1cc2c(Nc3ccc(Cl)cc3F)ncnc2cc1OCC1CCNCC1C(=O)CN1C[C@@H]2OCO[C@@H]2C1. The summed E-state index contributed by atoms with van der Waals surface area (Å²) in [5, 5.41) is 7.32. The highest BCUT2D eigenvalue weighted by Crippen LogP contribution is 2.36. The molecule has 3 aliphatic rings. The Balaban J connectivity index is 1.15. The van der Waals surface area contributed by atoms with Crippen LogP contribution in [0.3, 0.4) is 0 Å². The molecular weight excluding hydrogens is 541 g/mol. The van der Waals surface area contributed by atoms with Crippen LogP contribution in [0.1, 0.15) is 6.42 Å². The van der Waals surface area contributed by atoms with Crippen molar-refractivity contribution in [1.29, 1.82) is 0 Å². The lowest BCUT2D eigenvalue weighted by atomic mass is 9.83. The molecule has 0 bridgehead atoms. The van der Waals surface area contributed by atoms with E-state index in [-0.39, 0.29) is 35.5 Å². The molecule has 40 heavy (non-hydrogen) atoms. The van der Waals surface area contributed by atoms with Gasteiger partial charge in [-0.1, -0.05) is 11.6 Å². The molecule has 3 saturated heterocycles. The first kappa shape index (κ1) is 27.1. The number of carbonyl (C=O) groups excluding carboxylic acids is 1. The van der Waals surface area contributed by atoms with Crippen molar-refractivity contribution in [3.63, 3.8) is 0 Å². The van der Waals surface area contributed by atoms with Crippen LogP contribution in [0.4, 0.5) is 15.9 Å². The Kier molecular flexibility index (Phi) is 7.99. The molecule has 6 rings (SSSR count). The number of rotatable bonds is 9. The van der Waals surface area contributed by atoms with E-state index >= 15 is 0 Å². The van der Waals surface area contributed by atoms with Gasteiger partial charge in [-0.05, 0) is 37.2 Å². The molecular formula is C28H31ClFN5O5. The number of nitrogens with one attached hydrogen (secondary N) is 2. The standard InChI is InChI=1S/C28H31ClFN5O5/c1-37-24-7-18-22(32-14-33-28(18)34-21-3-2-17(29)6-20(21)30)8-25(24)38-13-16-4-5-31-9-19(16)23(36)10-35-11-26-27(12-35)40-15-39-26/h2-3,6-8,14,16,19,26-27,31H,4-5,9-13,15H2,1H3,(H,32,33,34)/t16?,19?,26-,27+. The second-order valence-electron chi connectivity index (χ2n) is 10.4. The number of likely N-dealkylation sites (tertiary alicyclic amines) is 1. The quantitative estimate of drug-likeness (QED) is 0.397. The maximum atomic E-state index is 14.4. The predicted molar refractivity (Wildman–Crippen MR) is 147 cm³/mol. The normalized spacial score (nSPS) is 24.7. The van der Waals surface area contributed by atoms with Crippen molar-refractivity contribution in [2.45, 2.75) is 18.6 Å². The Morgan fingerprint density at radius 1 is 1.20 bits per heavy atom. The first-order valence-corrected chi connectivity index (χ1v) is 13.7. The average Bonchev–Trinajstić information content (AvgIpc) is 3.55. The zero-order chi connectivity index (χ0) is 27.6. The molecule has 12 heteroatoms. The molecule has 4 atom stereocenters. The van der Waals surface area contributed by atoms with Gasteiger partial charge in [0.2, 0.25) is 0 Å². The highest BCUT2D eigenvalue weighted by atomic mass is 35.5. The monoisotopic (exact) mass is 571 g/mol. The van der Waals surface area contributed by atoms with Crippen molar-refractivity contribution in [3.8, 4) is 11.5 Å². The summed E-state index contributed by atoms with van der Waals surface area (Å²) in [6.07, 6.45) is 2.34. The van der Waals surface area contributed by atoms with E-state index < -0.39 is 5.82 Å². The van der Waals surface area contributed by atoms with E-state index in [4.69, 9.17) is 30.5 Å². The van der Waals surface area contributed by atoms with E-state index in [9.17, 15) is 9.18 Å². The molecule has 0 saturated carbocycles. The lowest BCUT2D eigenvalue weighted by Gasteiger charge is -2.32. The van der Waals surface area contributed by atoms with Crippen molar-refractivity contribution in [1.82, 2.24) is 20.2 Å². The van der Waals surface area contributed by atoms with Gasteiger partial charge in [-0.2, -0.15) is 0 Å². The number of piperidine rings is 1. The molecule has 0 aliphatic carbocycles. The zero-order valence-corrected chi connectivity index (χ0v) is 22.8. The number of anilines is 2. The summed E-state index contributed by atoms with van der Waals surface area (Å²) in [7, 11) is 1.56. The van der Waals surface area contributed by atoms with Crippen LogP contribution < -0.4 is 20.1 Å². The second kappa shape index (κ2) is 11.8. The van der Waals surface area contributed by atoms with Gasteiger partial charge < -0.3 is 29.6 Å². The molecule has 2 aromatic carbocycles. The molecule has 0 radical (unpaired) electrons. The fourth-order valence-corrected chi connectivity index (χ4v) is 5.82. The minimum atomic E-state index is -0.494. The van der Waals surface area contributed by atoms with Crippen LogP contribution in [-0.4, -0.2) is 86.1 Å². The van der Waals surface area contributed by atoms with Gasteiger partial charge in [0.1, 0.15) is 37.0 Å². The van der Waals surface area contributed by atoms with Crippen LogP contribution >= 0.6 is 11.6 Å². The van der Waals surface area contributed by atoms with Crippen molar-refractivity contribution >= 4 is 39.8 Å². The number of halogens is 2. The zero-order valence-electron chi connectivity index (χ0n) is 22.1. The summed E-state index contributed by atoms with van der Waals surface area (Å²) in [4.78, 5) is 24.1. The predicted octanol–water partition coefficient (Wildman–Crippen LogP) is 3.41. The minimum Gasteiger partial charge on any atom is -0.493 e. The summed E-state index contributed by atoms with van der Waals surface area (Å²) in [5.74, 6) is 1.03. The maximum absolute atomic E-state index is 14.4. The van der Waals surface area contributed by atoms with E-state index in [0.29, 0.717) is 59.7 Å². The van der Waals surface area contributed by atoms with Crippen LogP contribution in [-0.2, 0) is 14.3 Å². The van der Waals surface area contributed by atoms with Gasteiger partial charge in [0, 0.05) is 47.9 Å². The third-order valence-corrected chi connectivity index (χ3v) is 8.07. The van der Waals surface area contributed by atoms with Crippen LogP contribution in [0.15, 0.2) is 36.7 Å². The number of nitrogens with zero attached hydrogens (tertiary/aromatic N) is 3. The highest BCUT2D eigenvalue weighted by Gasteiger charge is 2.40. The highest BCUT2D eigenvalue weighted by molar-refractivity contribution is 6.30. The molecule has 0 spiro atoms. The van der Waals surface area contributed by atoms with Crippen molar-refractivity contribution in [3.05, 3.63) is 47.5 Å². The Morgan fingerprint density at radius 2 is 2.02 bits per heavy atom. The molecule has 0 amide bonds. The third kappa shape index (κ3) is 5.70. The smallest absolute Gasteiger partial charge is 0.163 e. The molecule has 3 aromatic rings. The van der Waals surface area contributed by atoms with E-state index in [2.05, 4.69) is 25.5 Å². The molecule has 3 aliphatic heterocycles. The second-order valence-corrected chi connectivity index (χ2v) is 10.8. The summed E-state index contributed by atoms with van der Waals surface area (Å²) < 4.78 is 37.5. The number of Topliss-reactive ketones (excluding diaryl/α,β-unsaturated/α-hetero) is 1. The van der Waals surface area contributed by atoms with Gasteiger partial charge in [-0.15, -0.1) is 0 Å². The number of benzene rings is 2. The number of carbonyl (C=O) groups is 1. The molecule has 2 N–H and O–H groups in total. The minimum absolute atomic E-state index is 0.0549. The maximum Gasteiger partial charge on any atom is 0.163 e. The van der Waals surface area contributed by atoms with Crippen LogP contribution in [0.5, 0.6) is 11.5 Å². The van der Waals surface area contributed by atoms with Crippen molar-refractivity contribution in [2.24, 2.45) is 11.8 Å². The molecule has 10 nitrogen and oxygen atoms in total. The molecule has 212 valence electrons.